The first-order chi connectivity index (χ1) is 7.27. The van der Waals surface area contributed by atoms with Gasteiger partial charge < -0.3 is 14.6 Å². The molecule has 15 heavy (non-hydrogen) atoms. The molecule has 1 aromatic carbocycles. The summed E-state index contributed by atoms with van der Waals surface area (Å²) in [6, 6.07) is 7.77. The van der Waals surface area contributed by atoms with E-state index in [0.717, 1.165) is 17.7 Å². The largest absolute Gasteiger partial charge is 0.496 e. The van der Waals surface area contributed by atoms with E-state index in [-0.39, 0.29) is 18.3 Å². The number of rotatable bonds is 4. The van der Waals surface area contributed by atoms with Gasteiger partial charge in [-0.25, -0.2) is 0 Å². The van der Waals surface area contributed by atoms with E-state index in [2.05, 4.69) is 0 Å². The molecule has 2 rings (SSSR count). The van der Waals surface area contributed by atoms with Crippen molar-refractivity contribution in [1.29, 1.82) is 0 Å². The summed E-state index contributed by atoms with van der Waals surface area (Å²) in [5, 5.41) is 9.63. The molecule has 1 aliphatic rings. The van der Waals surface area contributed by atoms with Gasteiger partial charge in [-0.05, 0) is 12.5 Å². The van der Waals surface area contributed by atoms with Crippen LogP contribution in [0.1, 0.15) is 25.0 Å². The van der Waals surface area contributed by atoms with E-state index in [0.29, 0.717) is 0 Å². The van der Waals surface area contributed by atoms with E-state index in [1.54, 1.807) is 7.11 Å². The monoisotopic (exact) mass is 208 g/mol. The van der Waals surface area contributed by atoms with E-state index >= 15 is 0 Å². The number of aliphatic hydroxyl groups excluding tert-OH is 1. The third-order valence-electron chi connectivity index (χ3n) is 2.77. The fourth-order valence-corrected chi connectivity index (χ4v) is 1.80. The molecule has 1 heterocycles. The van der Waals surface area contributed by atoms with E-state index in [4.69, 9.17) is 9.47 Å². The minimum Gasteiger partial charge on any atom is -0.496 e. The third kappa shape index (κ3) is 1.98. The van der Waals surface area contributed by atoms with Gasteiger partial charge >= 0.3 is 0 Å². The maximum absolute atomic E-state index is 9.63. The lowest BCUT2D eigenvalue weighted by Crippen LogP contribution is -2.13. The van der Waals surface area contributed by atoms with Gasteiger partial charge in [0.1, 0.15) is 18.0 Å². The van der Waals surface area contributed by atoms with Crippen LogP contribution in [0.2, 0.25) is 0 Å². The summed E-state index contributed by atoms with van der Waals surface area (Å²) in [5.74, 6) is 0.827. The number of epoxide rings is 1. The van der Waals surface area contributed by atoms with Gasteiger partial charge in [0, 0.05) is 5.56 Å². The molecule has 0 radical (unpaired) electrons. The highest BCUT2D eigenvalue weighted by Crippen LogP contribution is 2.44. The first kappa shape index (κ1) is 10.5. The van der Waals surface area contributed by atoms with Crippen molar-refractivity contribution in [2.24, 2.45) is 0 Å². The Balaban J connectivity index is 2.12. The molecule has 0 bridgehead atoms. The highest BCUT2D eigenvalue weighted by atomic mass is 16.6. The molecule has 0 saturated carbocycles. The Morgan fingerprint density at radius 3 is 2.87 bits per heavy atom. The average molecular weight is 208 g/mol. The molecule has 0 aromatic heterocycles. The first-order valence-electron chi connectivity index (χ1n) is 5.24. The molecular formula is C12H16O3. The van der Waals surface area contributed by atoms with Crippen LogP contribution in [0, 0.1) is 0 Å². The fourth-order valence-electron chi connectivity index (χ4n) is 1.80. The van der Waals surface area contributed by atoms with Crippen molar-refractivity contribution in [3.05, 3.63) is 29.8 Å². The quantitative estimate of drug-likeness (QED) is 0.768. The van der Waals surface area contributed by atoms with Crippen LogP contribution in [0.3, 0.4) is 0 Å². The molecule has 3 atom stereocenters. The maximum atomic E-state index is 9.63. The number of aliphatic hydroxyl groups is 1. The molecule has 3 heteroatoms. The van der Waals surface area contributed by atoms with Crippen molar-refractivity contribution in [2.75, 3.05) is 7.11 Å². The van der Waals surface area contributed by atoms with Crippen LogP contribution in [0.5, 0.6) is 5.75 Å². The summed E-state index contributed by atoms with van der Waals surface area (Å²) >= 11 is 0. The Labute approximate surface area is 89.6 Å². The SMILES string of the molecule is CC[C@@H](O)[C@H]1O[C@@H]1c1ccccc1OC. The molecule has 1 aliphatic heterocycles. The van der Waals surface area contributed by atoms with Crippen LogP contribution in [0.25, 0.3) is 0 Å². The van der Waals surface area contributed by atoms with E-state index in [1.807, 2.05) is 31.2 Å². The molecule has 1 fully saturated rings. The minimum absolute atomic E-state index is 0.00361. The Kier molecular flexibility index (Phi) is 2.93. The zero-order chi connectivity index (χ0) is 10.8. The molecule has 82 valence electrons. The number of benzene rings is 1. The van der Waals surface area contributed by atoms with E-state index < -0.39 is 0 Å². The lowest BCUT2D eigenvalue weighted by Gasteiger charge is -2.06. The average Bonchev–Trinajstić information content (AvgIpc) is 3.08. The number of ether oxygens (including phenoxy) is 2. The Morgan fingerprint density at radius 1 is 1.47 bits per heavy atom. The predicted molar refractivity (Wildman–Crippen MR) is 56.9 cm³/mol. The van der Waals surface area contributed by atoms with Crippen molar-refractivity contribution < 1.29 is 14.6 Å². The molecule has 1 saturated heterocycles. The van der Waals surface area contributed by atoms with Crippen LogP contribution in [0.15, 0.2) is 24.3 Å². The lowest BCUT2D eigenvalue weighted by molar-refractivity contribution is 0.131. The van der Waals surface area contributed by atoms with Gasteiger partial charge in [-0.1, -0.05) is 25.1 Å². The lowest BCUT2D eigenvalue weighted by atomic mass is 10.0. The molecule has 0 unspecified atom stereocenters. The normalized spacial score (nSPS) is 26.1. The molecular weight excluding hydrogens is 192 g/mol. The molecule has 1 N–H and O–H groups in total. The van der Waals surface area contributed by atoms with Gasteiger partial charge in [0.15, 0.2) is 0 Å². The first-order valence-corrected chi connectivity index (χ1v) is 5.24. The van der Waals surface area contributed by atoms with Gasteiger partial charge in [-0.15, -0.1) is 0 Å². The summed E-state index contributed by atoms with van der Waals surface area (Å²) in [6.07, 6.45) is 0.276. The molecule has 1 aromatic rings. The van der Waals surface area contributed by atoms with E-state index in [1.165, 1.54) is 0 Å². The number of hydrogen-bond donors (Lipinski definition) is 1. The van der Waals surface area contributed by atoms with Gasteiger partial charge in [0.2, 0.25) is 0 Å². The van der Waals surface area contributed by atoms with Crippen molar-refractivity contribution in [1.82, 2.24) is 0 Å². The Hall–Kier alpha value is -1.06. The predicted octanol–water partition coefficient (Wildman–Crippen LogP) is 1.91. The van der Waals surface area contributed by atoms with Gasteiger partial charge in [0.25, 0.3) is 0 Å². The highest BCUT2D eigenvalue weighted by Gasteiger charge is 2.45. The number of para-hydroxylation sites is 1. The highest BCUT2D eigenvalue weighted by molar-refractivity contribution is 5.37. The van der Waals surface area contributed by atoms with Crippen LogP contribution in [-0.4, -0.2) is 24.4 Å². The molecule has 0 spiro atoms. The van der Waals surface area contributed by atoms with Crippen molar-refractivity contribution in [3.8, 4) is 5.75 Å². The second-order valence-electron chi connectivity index (χ2n) is 3.74. The zero-order valence-corrected chi connectivity index (χ0v) is 9.01. The zero-order valence-electron chi connectivity index (χ0n) is 9.01. The number of methoxy groups -OCH3 is 1. The summed E-state index contributed by atoms with van der Waals surface area (Å²) in [4.78, 5) is 0. The summed E-state index contributed by atoms with van der Waals surface area (Å²) < 4.78 is 10.7. The summed E-state index contributed by atoms with van der Waals surface area (Å²) in [7, 11) is 1.65. The topological polar surface area (TPSA) is 42.0 Å². The number of hydrogen-bond acceptors (Lipinski definition) is 3. The third-order valence-corrected chi connectivity index (χ3v) is 2.77. The smallest absolute Gasteiger partial charge is 0.124 e. The molecule has 0 amide bonds. The maximum Gasteiger partial charge on any atom is 0.124 e. The van der Waals surface area contributed by atoms with E-state index in [9.17, 15) is 5.11 Å². The van der Waals surface area contributed by atoms with Gasteiger partial charge in [-0.3, -0.25) is 0 Å². The van der Waals surface area contributed by atoms with Crippen molar-refractivity contribution in [3.63, 3.8) is 0 Å². The van der Waals surface area contributed by atoms with Gasteiger partial charge in [-0.2, -0.15) is 0 Å². The van der Waals surface area contributed by atoms with Crippen LogP contribution in [-0.2, 0) is 4.74 Å². The van der Waals surface area contributed by atoms with Gasteiger partial charge in [0.05, 0.1) is 13.2 Å². The van der Waals surface area contributed by atoms with Crippen LogP contribution >= 0.6 is 0 Å². The van der Waals surface area contributed by atoms with Crippen molar-refractivity contribution in [2.45, 2.75) is 31.7 Å². The second kappa shape index (κ2) is 4.21. The Morgan fingerprint density at radius 2 is 2.20 bits per heavy atom. The molecule has 3 nitrogen and oxygen atoms in total. The van der Waals surface area contributed by atoms with Crippen LogP contribution < -0.4 is 4.74 Å². The second-order valence-corrected chi connectivity index (χ2v) is 3.74. The Bertz CT molecular complexity index is 337. The fraction of sp³-hybridized carbons (Fsp3) is 0.500. The van der Waals surface area contributed by atoms with Crippen molar-refractivity contribution >= 4 is 0 Å². The summed E-state index contributed by atoms with van der Waals surface area (Å²) in [6.45, 7) is 1.95. The standard InChI is InChI=1S/C12H16O3/c1-3-9(13)12-11(15-12)8-6-4-5-7-10(8)14-2/h4-7,9,11-13H,3H2,1-2H3/t9-,11-,12-/m1/s1. The summed E-state index contributed by atoms with van der Waals surface area (Å²) in [5.41, 5.74) is 1.03. The minimum atomic E-state index is -0.375. The molecule has 0 aliphatic carbocycles. The van der Waals surface area contributed by atoms with Crippen LogP contribution in [0.4, 0.5) is 0 Å².